The lowest BCUT2D eigenvalue weighted by Crippen LogP contribution is -2.42. The van der Waals surface area contributed by atoms with Gasteiger partial charge in [-0.3, -0.25) is 4.79 Å². The maximum absolute atomic E-state index is 11.9. The second-order valence-electron chi connectivity index (χ2n) is 6.02. The molecule has 1 rings (SSSR count). The van der Waals surface area contributed by atoms with Crippen LogP contribution in [0, 0.1) is 11.8 Å². The van der Waals surface area contributed by atoms with E-state index in [1.165, 1.54) is 0 Å². The van der Waals surface area contributed by atoms with Crippen molar-refractivity contribution in [2.24, 2.45) is 11.8 Å². The van der Waals surface area contributed by atoms with Gasteiger partial charge >= 0.3 is 5.97 Å². The number of nitrogens with one attached hydrogen (secondary N) is 1. The van der Waals surface area contributed by atoms with Crippen LogP contribution < -0.4 is 4.72 Å². The Morgan fingerprint density at radius 2 is 1.72 bits per heavy atom. The van der Waals surface area contributed by atoms with Gasteiger partial charge in [0.25, 0.3) is 0 Å². The molecule has 0 bridgehead atoms. The van der Waals surface area contributed by atoms with Gasteiger partial charge in [-0.25, -0.2) is 13.1 Å². The highest BCUT2D eigenvalue weighted by molar-refractivity contribution is 7.90. The minimum atomic E-state index is -3.29. The van der Waals surface area contributed by atoms with Gasteiger partial charge in [0.15, 0.2) is 0 Å². The number of rotatable bonds is 4. The van der Waals surface area contributed by atoms with Crippen LogP contribution in [-0.2, 0) is 14.8 Å². The van der Waals surface area contributed by atoms with Crippen LogP contribution in [0.3, 0.4) is 0 Å². The van der Waals surface area contributed by atoms with E-state index < -0.39 is 20.7 Å². The van der Waals surface area contributed by atoms with Crippen molar-refractivity contribution in [2.75, 3.05) is 6.54 Å². The third kappa shape index (κ3) is 3.95. The number of hydrogen-bond acceptors (Lipinski definition) is 3. The van der Waals surface area contributed by atoms with Gasteiger partial charge in [-0.2, -0.15) is 0 Å². The van der Waals surface area contributed by atoms with Crippen LogP contribution in [-0.4, -0.2) is 30.8 Å². The second kappa shape index (κ2) is 5.57. The molecule has 106 valence electrons. The molecule has 2 N–H and O–H groups in total. The quantitative estimate of drug-likeness (QED) is 0.817. The summed E-state index contributed by atoms with van der Waals surface area (Å²) in [5, 5.41) is 8.88. The molecule has 0 aliphatic heterocycles. The molecule has 1 saturated carbocycles. The monoisotopic (exact) mass is 277 g/mol. The first-order chi connectivity index (χ1) is 8.13. The smallest absolute Gasteiger partial charge is 0.306 e. The van der Waals surface area contributed by atoms with E-state index in [-0.39, 0.29) is 11.8 Å². The van der Waals surface area contributed by atoms with Crippen molar-refractivity contribution < 1.29 is 18.3 Å². The number of aliphatic carboxylic acids is 1. The summed E-state index contributed by atoms with van der Waals surface area (Å²) in [6.07, 6.45) is 2.86. The SMILES string of the molecule is CC(C)(C)S(=O)(=O)NCC1CCC(C(=O)O)CC1. The molecule has 0 radical (unpaired) electrons. The summed E-state index contributed by atoms with van der Waals surface area (Å²) in [6, 6.07) is 0. The molecule has 0 aromatic carbocycles. The number of carbonyl (C=O) groups is 1. The summed E-state index contributed by atoms with van der Waals surface area (Å²) < 4.78 is 25.6. The van der Waals surface area contributed by atoms with Crippen molar-refractivity contribution >= 4 is 16.0 Å². The maximum atomic E-state index is 11.9. The van der Waals surface area contributed by atoms with Gasteiger partial charge in [-0.15, -0.1) is 0 Å². The number of sulfonamides is 1. The van der Waals surface area contributed by atoms with Gasteiger partial charge in [0.2, 0.25) is 10.0 Å². The molecule has 1 aliphatic rings. The summed E-state index contributed by atoms with van der Waals surface area (Å²) in [7, 11) is -3.29. The summed E-state index contributed by atoms with van der Waals surface area (Å²) in [5.74, 6) is -0.720. The number of carboxylic acid groups (broad SMARTS) is 1. The Bertz CT molecular complexity index is 389. The molecule has 0 saturated heterocycles. The predicted molar refractivity (Wildman–Crippen MR) is 69.8 cm³/mol. The van der Waals surface area contributed by atoms with Crippen LogP contribution in [0.4, 0.5) is 0 Å². The first-order valence-corrected chi connectivity index (χ1v) is 7.84. The van der Waals surface area contributed by atoms with E-state index in [2.05, 4.69) is 4.72 Å². The molecule has 1 aliphatic carbocycles. The van der Waals surface area contributed by atoms with E-state index in [0.29, 0.717) is 19.4 Å². The van der Waals surface area contributed by atoms with Crippen LogP contribution in [0.2, 0.25) is 0 Å². The summed E-state index contributed by atoms with van der Waals surface area (Å²) in [5.41, 5.74) is 0. The largest absolute Gasteiger partial charge is 0.481 e. The fraction of sp³-hybridized carbons (Fsp3) is 0.917. The van der Waals surface area contributed by atoms with Gasteiger partial charge in [0, 0.05) is 6.54 Å². The summed E-state index contributed by atoms with van der Waals surface area (Å²) in [6.45, 7) is 5.41. The highest BCUT2D eigenvalue weighted by Crippen LogP contribution is 2.28. The molecule has 5 nitrogen and oxygen atoms in total. The molecular formula is C12H23NO4S. The zero-order valence-electron chi connectivity index (χ0n) is 11.3. The van der Waals surface area contributed by atoms with Crippen LogP contribution in [0.5, 0.6) is 0 Å². The average molecular weight is 277 g/mol. The fourth-order valence-electron chi connectivity index (χ4n) is 2.06. The van der Waals surface area contributed by atoms with Crippen LogP contribution >= 0.6 is 0 Å². The molecule has 0 unspecified atom stereocenters. The lowest BCUT2D eigenvalue weighted by Gasteiger charge is -2.27. The molecule has 18 heavy (non-hydrogen) atoms. The minimum Gasteiger partial charge on any atom is -0.481 e. The molecule has 0 heterocycles. The van der Waals surface area contributed by atoms with E-state index in [1.54, 1.807) is 20.8 Å². The van der Waals surface area contributed by atoms with E-state index in [9.17, 15) is 13.2 Å². The first kappa shape index (κ1) is 15.4. The third-order valence-electron chi connectivity index (χ3n) is 3.56. The highest BCUT2D eigenvalue weighted by atomic mass is 32.2. The Balaban J connectivity index is 2.42. The zero-order valence-corrected chi connectivity index (χ0v) is 12.1. The normalized spacial score (nSPS) is 25.9. The molecule has 0 aromatic heterocycles. The molecule has 6 heteroatoms. The summed E-state index contributed by atoms with van der Waals surface area (Å²) in [4.78, 5) is 10.8. The van der Waals surface area contributed by atoms with Gasteiger partial charge in [0.1, 0.15) is 0 Å². The van der Waals surface area contributed by atoms with Crippen LogP contribution in [0.1, 0.15) is 46.5 Å². The van der Waals surface area contributed by atoms with Crippen LogP contribution in [0.25, 0.3) is 0 Å². The summed E-state index contributed by atoms with van der Waals surface area (Å²) >= 11 is 0. The molecule has 0 aromatic rings. The van der Waals surface area contributed by atoms with Gasteiger partial charge < -0.3 is 5.11 Å². The van der Waals surface area contributed by atoms with Gasteiger partial charge in [0.05, 0.1) is 10.7 Å². The van der Waals surface area contributed by atoms with Crippen LogP contribution in [0.15, 0.2) is 0 Å². The number of carboxylic acids is 1. The lowest BCUT2D eigenvalue weighted by atomic mass is 9.82. The van der Waals surface area contributed by atoms with Crippen molar-refractivity contribution in [2.45, 2.75) is 51.2 Å². The molecule has 1 fully saturated rings. The standard InChI is InChI=1S/C12H23NO4S/c1-12(2,3)18(16,17)13-8-9-4-6-10(7-5-9)11(14)15/h9-10,13H,4-8H2,1-3H3,(H,14,15). The van der Waals surface area contributed by atoms with Gasteiger partial charge in [-0.05, 0) is 52.4 Å². The Morgan fingerprint density at radius 3 is 2.11 bits per heavy atom. The van der Waals surface area contributed by atoms with E-state index in [1.807, 2.05) is 0 Å². The Kier molecular flexibility index (Phi) is 4.78. The first-order valence-electron chi connectivity index (χ1n) is 6.35. The van der Waals surface area contributed by atoms with E-state index in [0.717, 1.165) is 12.8 Å². The Hall–Kier alpha value is -0.620. The van der Waals surface area contributed by atoms with Crippen molar-refractivity contribution in [3.05, 3.63) is 0 Å². The molecular weight excluding hydrogens is 254 g/mol. The lowest BCUT2D eigenvalue weighted by molar-refractivity contribution is -0.143. The fourth-order valence-corrected chi connectivity index (χ4v) is 2.95. The van der Waals surface area contributed by atoms with E-state index >= 15 is 0 Å². The third-order valence-corrected chi connectivity index (χ3v) is 5.72. The minimum absolute atomic E-state index is 0.250. The Morgan fingerprint density at radius 1 is 1.22 bits per heavy atom. The van der Waals surface area contributed by atoms with Crippen molar-refractivity contribution in [3.63, 3.8) is 0 Å². The molecule has 0 amide bonds. The van der Waals surface area contributed by atoms with Crippen molar-refractivity contribution in [3.8, 4) is 0 Å². The van der Waals surface area contributed by atoms with Crippen molar-refractivity contribution in [1.29, 1.82) is 0 Å². The zero-order chi connectivity index (χ0) is 14.0. The average Bonchev–Trinajstić information content (AvgIpc) is 2.25. The Labute approximate surface area is 109 Å². The molecule has 0 atom stereocenters. The predicted octanol–water partition coefficient (Wildman–Crippen LogP) is 1.60. The number of hydrogen-bond donors (Lipinski definition) is 2. The maximum Gasteiger partial charge on any atom is 0.306 e. The van der Waals surface area contributed by atoms with Gasteiger partial charge in [-0.1, -0.05) is 0 Å². The second-order valence-corrected chi connectivity index (χ2v) is 8.54. The van der Waals surface area contributed by atoms with Crippen molar-refractivity contribution in [1.82, 2.24) is 4.72 Å². The molecule has 0 spiro atoms. The van der Waals surface area contributed by atoms with E-state index in [4.69, 9.17) is 5.11 Å². The topological polar surface area (TPSA) is 83.5 Å². The highest BCUT2D eigenvalue weighted by Gasteiger charge is 2.31.